The number of rotatable bonds is 3. The van der Waals surface area contributed by atoms with E-state index in [1.165, 1.54) is 12.1 Å². The van der Waals surface area contributed by atoms with Crippen LogP contribution in [0.2, 0.25) is 5.02 Å². The predicted octanol–water partition coefficient (Wildman–Crippen LogP) is 3.00. The minimum atomic E-state index is -4.22. The van der Waals surface area contributed by atoms with Gasteiger partial charge in [-0.25, -0.2) is 17.2 Å². The summed E-state index contributed by atoms with van der Waals surface area (Å²) in [5.41, 5.74) is 4.49. The Morgan fingerprint density at radius 2 is 1.80 bits per heavy atom. The molecule has 0 unspecified atom stereocenters. The highest BCUT2D eigenvalue weighted by atomic mass is 35.5. The molecule has 2 rings (SSSR count). The van der Waals surface area contributed by atoms with Gasteiger partial charge >= 0.3 is 0 Å². The lowest BCUT2D eigenvalue weighted by molar-refractivity contribution is 0.595. The average molecular weight is 319 g/mol. The van der Waals surface area contributed by atoms with E-state index in [1.54, 1.807) is 0 Å². The van der Waals surface area contributed by atoms with E-state index in [0.29, 0.717) is 0 Å². The second kappa shape index (κ2) is 5.26. The van der Waals surface area contributed by atoms with E-state index in [4.69, 9.17) is 17.3 Å². The summed E-state index contributed by atoms with van der Waals surface area (Å²) in [6.07, 6.45) is 0. The summed E-state index contributed by atoms with van der Waals surface area (Å²) in [6, 6.07) is 6.70. The van der Waals surface area contributed by atoms with Crippen LogP contribution in [0.4, 0.5) is 20.2 Å². The van der Waals surface area contributed by atoms with E-state index in [-0.39, 0.29) is 10.7 Å². The quantitative estimate of drug-likeness (QED) is 0.854. The SMILES string of the molecule is Nc1c(F)cccc1S(=O)(=O)Nc1cc(Cl)ccc1F. The second-order valence-electron chi connectivity index (χ2n) is 3.88. The molecule has 0 heterocycles. The molecule has 0 radical (unpaired) electrons. The third kappa shape index (κ3) is 2.83. The van der Waals surface area contributed by atoms with Crippen LogP contribution in [0.15, 0.2) is 41.3 Å². The fraction of sp³-hybridized carbons (Fsp3) is 0. The number of benzene rings is 2. The molecule has 8 heteroatoms. The van der Waals surface area contributed by atoms with Crippen LogP contribution in [-0.4, -0.2) is 8.42 Å². The molecule has 0 saturated heterocycles. The summed E-state index contributed by atoms with van der Waals surface area (Å²) in [7, 11) is -4.22. The van der Waals surface area contributed by atoms with E-state index in [2.05, 4.69) is 0 Å². The van der Waals surface area contributed by atoms with Gasteiger partial charge in [0.15, 0.2) is 0 Å². The number of halogens is 3. The molecular formula is C12H9ClF2N2O2S. The highest BCUT2D eigenvalue weighted by molar-refractivity contribution is 7.92. The van der Waals surface area contributed by atoms with Crippen LogP contribution in [0.3, 0.4) is 0 Å². The summed E-state index contributed by atoms with van der Waals surface area (Å²) in [5.74, 6) is -1.69. The van der Waals surface area contributed by atoms with E-state index in [9.17, 15) is 17.2 Å². The Kier molecular flexibility index (Phi) is 3.82. The maximum absolute atomic E-state index is 13.5. The van der Waals surface area contributed by atoms with Crippen molar-refractivity contribution in [1.29, 1.82) is 0 Å². The predicted molar refractivity (Wildman–Crippen MR) is 73.0 cm³/mol. The van der Waals surface area contributed by atoms with Gasteiger partial charge in [-0.05, 0) is 30.3 Å². The van der Waals surface area contributed by atoms with Crippen LogP contribution < -0.4 is 10.5 Å². The fourth-order valence-corrected chi connectivity index (χ4v) is 2.90. The van der Waals surface area contributed by atoms with E-state index in [1.807, 2.05) is 4.72 Å². The van der Waals surface area contributed by atoms with Gasteiger partial charge < -0.3 is 5.73 Å². The van der Waals surface area contributed by atoms with Crippen molar-refractivity contribution in [2.75, 3.05) is 10.5 Å². The van der Waals surface area contributed by atoms with Crippen molar-refractivity contribution >= 4 is 33.0 Å². The van der Waals surface area contributed by atoms with E-state index < -0.39 is 32.2 Å². The first-order chi connectivity index (χ1) is 9.31. The zero-order valence-corrected chi connectivity index (χ0v) is 11.5. The molecule has 0 aromatic heterocycles. The molecule has 0 spiro atoms. The number of hydrogen-bond acceptors (Lipinski definition) is 3. The summed E-state index contributed by atoms with van der Waals surface area (Å²) in [4.78, 5) is -0.475. The molecular weight excluding hydrogens is 310 g/mol. The molecule has 0 bridgehead atoms. The van der Waals surface area contributed by atoms with Crippen molar-refractivity contribution in [3.05, 3.63) is 53.1 Å². The maximum Gasteiger partial charge on any atom is 0.264 e. The molecule has 0 fully saturated rings. The molecule has 2 aromatic rings. The molecule has 0 aliphatic heterocycles. The Balaban J connectivity index is 2.46. The van der Waals surface area contributed by atoms with Crippen LogP contribution in [0.5, 0.6) is 0 Å². The Morgan fingerprint density at radius 3 is 2.50 bits per heavy atom. The average Bonchev–Trinajstić information content (AvgIpc) is 2.36. The smallest absolute Gasteiger partial charge is 0.264 e. The van der Waals surface area contributed by atoms with Crippen LogP contribution in [0.25, 0.3) is 0 Å². The Labute approximate surface area is 119 Å². The third-order valence-corrected chi connectivity index (χ3v) is 4.13. The topological polar surface area (TPSA) is 72.2 Å². The van der Waals surface area contributed by atoms with Crippen molar-refractivity contribution in [1.82, 2.24) is 0 Å². The van der Waals surface area contributed by atoms with Crippen LogP contribution in [0.1, 0.15) is 0 Å². The van der Waals surface area contributed by atoms with E-state index in [0.717, 1.165) is 24.3 Å². The molecule has 20 heavy (non-hydrogen) atoms. The summed E-state index contributed by atoms with van der Waals surface area (Å²) >= 11 is 5.66. The van der Waals surface area contributed by atoms with Gasteiger partial charge in [-0.1, -0.05) is 17.7 Å². The summed E-state index contributed by atoms with van der Waals surface area (Å²) in [6.45, 7) is 0. The van der Waals surface area contributed by atoms with Gasteiger partial charge in [-0.15, -0.1) is 0 Å². The fourth-order valence-electron chi connectivity index (χ4n) is 1.53. The number of anilines is 2. The first kappa shape index (κ1) is 14.5. The first-order valence-corrected chi connectivity index (χ1v) is 7.19. The highest BCUT2D eigenvalue weighted by Gasteiger charge is 2.21. The number of nitrogens with one attached hydrogen (secondary N) is 1. The molecule has 0 saturated carbocycles. The summed E-state index contributed by atoms with van der Waals surface area (Å²) in [5, 5.41) is 0.149. The van der Waals surface area contributed by atoms with E-state index >= 15 is 0 Å². The Morgan fingerprint density at radius 1 is 1.10 bits per heavy atom. The molecule has 0 amide bonds. The lowest BCUT2D eigenvalue weighted by Crippen LogP contribution is -2.16. The number of nitrogen functional groups attached to an aromatic ring is 1. The molecule has 0 aliphatic carbocycles. The van der Waals surface area contributed by atoms with Gasteiger partial charge in [0.25, 0.3) is 10.0 Å². The summed E-state index contributed by atoms with van der Waals surface area (Å²) < 4.78 is 52.9. The van der Waals surface area contributed by atoms with Crippen molar-refractivity contribution in [3.63, 3.8) is 0 Å². The largest absolute Gasteiger partial charge is 0.395 e. The lowest BCUT2D eigenvalue weighted by Gasteiger charge is -2.11. The standard InChI is InChI=1S/C12H9ClF2N2O2S/c13-7-4-5-8(14)10(6-7)17-20(18,19)11-3-1-2-9(15)12(11)16/h1-6,17H,16H2. The van der Waals surface area contributed by atoms with Gasteiger partial charge in [0.05, 0.1) is 11.4 Å². The van der Waals surface area contributed by atoms with Crippen LogP contribution in [-0.2, 0) is 10.0 Å². The molecule has 0 aliphatic rings. The van der Waals surface area contributed by atoms with Gasteiger partial charge in [-0.3, -0.25) is 4.72 Å². The Bertz CT molecular complexity index is 766. The van der Waals surface area contributed by atoms with Crippen LogP contribution in [0, 0.1) is 11.6 Å². The molecule has 0 atom stereocenters. The van der Waals surface area contributed by atoms with Crippen molar-refractivity contribution in [2.45, 2.75) is 4.90 Å². The maximum atomic E-state index is 13.5. The van der Waals surface area contributed by atoms with Gasteiger partial charge in [0, 0.05) is 5.02 Å². The number of nitrogens with two attached hydrogens (primary N) is 1. The molecule has 106 valence electrons. The number of sulfonamides is 1. The highest BCUT2D eigenvalue weighted by Crippen LogP contribution is 2.26. The zero-order valence-electron chi connectivity index (χ0n) is 9.90. The minimum absolute atomic E-state index is 0.149. The number of para-hydroxylation sites is 1. The minimum Gasteiger partial charge on any atom is -0.395 e. The van der Waals surface area contributed by atoms with Gasteiger partial charge in [-0.2, -0.15) is 0 Å². The molecule has 2 aromatic carbocycles. The molecule has 3 N–H and O–H groups in total. The monoisotopic (exact) mass is 318 g/mol. The third-order valence-electron chi connectivity index (χ3n) is 2.48. The van der Waals surface area contributed by atoms with Gasteiger partial charge in [0.2, 0.25) is 0 Å². The number of hydrogen-bond donors (Lipinski definition) is 2. The van der Waals surface area contributed by atoms with Crippen molar-refractivity contribution in [3.8, 4) is 0 Å². The normalized spacial score (nSPS) is 11.3. The first-order valence-electron chi connectivity index (χ1n) is 5.33. The van der Waals surface area contributed by atoms with Crippen molar-refractivity contribution in [2.24, 2.45) is 0 Å². The van der Waals surface area contributed by atoms with Crippen molar-refractivity contribution < 1.29 is 17.2 Å². The van der Waals surface area contributed by atoms with Gasteiger partial charge in [0.1, 0.15) is 16.5 Å². The Hall–Kier alpha value is -1.86. The second-order valence-corrected chi connectivity index (χ2v) is 5.97. The lowest BCUT2D eigenvalue weighted by atomic mass is 10.3. The van der Waals surface area contributed by atoms with Crippen LogP contribution >= 0.6 is 11.6 Å². The molecule has 4 nitrogen and oxygen atoms in total. The zero-order chi connectivity index (χ0) is 14.9.